The molecule has 1 aliphatic rings. The number of Topliss-reactive ketones (excluding diaryl/α,β-unsaturated/α-hetero) is 1. The Balaban J connectivity index is 2.06. The van der Waals surface area contributed by atoms with Crippen LogP contribution in [0.3, 0.4) is 0 Å². The van der Waals surface area contributed by atoms with Gasteiger partial charge >= 0.3 is 6.03 Å². The highest BCUT2D eigenvalue weighted by molar-refractivity contribution is 6.30. The number of amides is 2. The van der Waals surface area contributed by atoms with Crippen molar-refractivity contribution in [1.82, 2.24) is 5.32 Å². The maximum absolute atomic E-state index is 13.1. The molecule has 6 heteroatoms. The van der Waals surface area contributed by atoms with E-state index >= 15 is 0 Å². The number of benzene rings is 2. The molecule has 2 amide bonds. The first-order valence-electron chi connectivity index (χ1n) is 7.96. The van der Waals surface area contributed by atoms with Gasteiger partial charge in [-0.25, -0.2) is 9.79 Å². The van der Waals surface area contributed by atoms with Crippen molar-refractivity contribution < 1.29 is 14.7 Å². The zero-order chi connectivity index (χ0) is 18.0. The van der Waals surface area contributed by atoms with Crippen LogP contribution in [0.4, 0.5) is 4.79 Å². The smallest absolute Gasteiger partial charge is 0.341 e. The molecule has 2 atom stereocenters. The number of hydrogen-bond donors (Lipinski definition) is 2. The molecule has 2 unspecified atom stereocenters. The Morgan fingerprint density at radius 3 is 2.60 bits per heavy atom. The molecule has 0 bridgehead atoms. The van der Waals surface area contributed by atoms with Crippen LogP contribution in [-0.4, -0.2) is 22.6 Å². The first-order chi connectivity index (χ1) is 12.0. The zero-order valence-electron chi connectivity index (χ0n) is 13.6. The summed E-state index contributed by atoms with van der Waals surface area (Å²) in [7, 11) is 0. The average molecular weight is 357 g/mol. The van der Waals surface area contributed by atoms with E-state index in [1.165, 1.54) is 0 Å². The van der Waals surface area contributed by atoms with Crippen LogP contribution in [0.25, 0.3) is 0 Å². The van der Waals surface area contributed by atoms with Crippen molar-refractivity contribution in [3.63, 3.8) is 0 Å². The Morgan fingerprint density at radius 1 is 1.24 bits per heavy atom. The van der Waals surface area contributed by atoms with Gasteiger partial charge in [0.05, 0.1) is 12.0 Å². The lowest BCUT2D eigenvalue weighted by Crippen LogP contribution is -2.44. The molecule has 0 radical (unpaired) electrons. The number of urea groups is 1. The molecule has 3 rings (SSSR count). The third-order valence-corrected chi connectivity index (χ3v) is 4.47. The van der Waals surface area contributed by atoms with E-state index in [4.69, 9.17) is 11.6 Å². The Kier molecular flexibility index (Phi) is 4.86. The summed E-state index contributed by atoms with van der Waals surface area (Å²) in [6, 6.07) is 12.1. The topological polar surface area (TPSA) is 78.8 Å². The normalized spacial score (nSPS) is 19.9. The number of aliphatic imine (C=N–C) groups is 1. The van der Waals surface area contributed by atoms with Gasteiger partial charge in [0.2, 0.25) is 0 Å². The van der Waals surface area contributed by atoms with E-state index in [0.29, 0.717) is 28.3 Å². The monoisotopic (exact) mass is 356 g/mol. The molecule has 0 aliphatic carbocycles. The molecule has 2 aromatic rings. The molecule has 25 heavy (non-hydrogen) atoms. The van der Waals surface area contributed by atoms with Gasteiger partial charge in [0.25, 0.3) is 0 Å². The Labute approximate surface area is 150 Å². The van der Waals surface area contributed by atoms with Crippen LogP contribution < -0.4 is 5.32 Å². The maximum Gasteiger partial charge on any atom is 0.341 e. The summed E-state index contributed by atoms with van der Waals surface area (Å²) in [4.78, 5) is 29.1. The molecule has 2 aromatic carbocycles. The predicted octanol–water partition coefficient (Wildman–Crippen LogP) is 4.16. The van der Waals surface area contributed by atoms with E-state index in [-0.39, 0.29) is 11.5 Å². The van der Waals surface area contributed by atoms with Crippen molar-refractivity contribution in [2.45, 2.75) is 19.4 Å². The second kappa shape index (κ2) is 7.07. The van der Waals surface area contributed by atoms with E-state index in [1.807, 2.05) is 6.92 Å². The van der Waals surface area contributed by atoms with Gasteiger partial charge in [-0.3, -0.25) is 4.79 Å². The van der Waals surface area contributed by atoms with Gasteiger partial charge in [0.15, 0.2) is 5.78 Å². The van der Waals surface area contributed by atoms with Crippen LogP contribution >= 0.6 is 11.6 Å². The van der Waals surface area contributed by atoms with Crippen LogP contribution in [-0.2, 0) is 0 Å². The molecule has 128 valence electrons. The zero-order valence-corrected chi connectivity index (χ0v) is 14.3. The number of phenols is 1. The van der Waals surface area contributed by atoms with Crippen LogP contribution in [0.5, 0.6) is 5.75 Å². The standard InChI is InChI=1S/C19H17ClN2O3/c1-2-15-16(18(24)11-6-8-13(20)9-7-11)17(22-19(25)21-15)12-4-3-5-14(23)10-12/h3-10,16-17,23H,2H2,1H3,(H,22,25). The van der Waals surface area contributed by atoms with E-state index in [0.717, 1.165) is 0 Å². The number of phenolic OH excluding ortho intramolecular Hbond substituents is 1. The van der Waals surface area contributed by atoms with E-state index < -0.39 is 18.0 Å². The summed E-state index contributed by atoms with van der Waals surface area (Å²) in [6.45, 7) is 1.86. The maximum atomic E-state index is 13.1. The highest BCUT2D eigenvalue weighted by Gasteiger charge is 2.38. The van der Waals surface area contributed by atoms with Crippen molar-refractivity contribution in [3.8, 4) is 5.75 Å². The third-order valence-electron chi connectivity index (χ3n) is 4.22. The van der Waals surface area contributed by atoms with Gasteiger partial charge in [-0.1, -0.05) is 30.7 Å². The summed E-state index contributed by atoms with van der Waals surface area (Å²) < 4.78 is 0. The second-order valence-corrected chi connectivity index (χ2v) is 6.26. The average Bonchev–Trinajstić information content (AvgIpc) is 2.61. The lowest BCUT2D eigenvalue weighted by Gasteiger charge is -2.31. The summed E-state index contributed by atoms with van der Waals surface area (Å²) in [5.74, 6) is -0.707. The summed E-state index contributed by atoms with van der Waals surface area (Å²) >= 11 is 5.90. The van der Waals surface area contributed by atoms with Gasteiger partial charge in [0.1, 0.15) is 5.75 Å². The molecular weight excluding hydrogens is 340 g/mol. The fourth-order valence-electron chi connectivity index (χ4n) is 3.03. The Morgan fingerprint density at radius 2 is 1.96 bits per heavy atom. The number of rotatable bonds is 4. The summed E-state index contributed by atoms with van der Waals surface area (Å²) in [5, 5.41) is 13.1. The molecule has 0 spiro atoms. The van der Waals surface area contributed by atoms with E-state index in [1.54, 1.807) is 48.5 Å². The fourth-order valence-corrected chi connectivity index (χ4v) is 3.16. The van der Waals surface area contributed by atoms with E-state index in [9.17, 15) is 14.7 Å². The predicted molar refractivity (Wildman–Crippen MR) is 96.4 cm³/mol. The highest BCUT2D eigenvalue weighted by atomic mass is 35.5. The fraction of sp³-hybridized carbons (Fsp3) is 0.211. The van der Waals surface area contributed by atoms with Gasteiger partial charge in [0, 0.05) is 16.3 Å². The summed E-state index contributed by atoms with van der Waals surface area (Å²) in [6.07, 6.45) is 0.479. The van der Waals surface area contributed by atoms with Crippen molar-refractivity contribution in [1.29, 1.82) is 0 Å². The van der Waals surface area contributed by atoms with Crippen LogP contribution in [0.2, 0.25) is 5.02 Å². The molecule has 2 N–H and O–H groups in total. The summed E-state index contributed by atoms with van der Waals surface area (Å²) in [5.41, 5.74) is 1.68. The van der Waals surface area contributed by atoms with Gasteiger partial charge in [-0.2, -0.15) is 0 Å². The number of aromatic hydroxyl groups is 1. The first-order valence-corrected chi connectivity index (χ1v) is 8.34. The lowest BCUT2D eigenvalue weighted by molar-refractivity contribution is 0.0932. The third kappa shape index (κ3) is 3.56. The largest absolute Gasteiger partial charge is 0.508 e. The van der Waals surface area contributed by atoms with E-state index in [2.05, 4.69) is 10.3 Å². The van der Waals surface area contributed by atoms with Crippen molar-refractivity contribution in [2.75, 3.05) is 0 Å². The van der Waals surface area contributed by atoms with Crippen LogP contribution in [0.15, 0.2) is 53.5 Å². The van der Waals surface area contributed by atoms with Crippen molar-refractivity contribution >= 4 is 29.1 Å². The molecule has 0 fully saturated rings. The first kappa shape index (κ1) is 17.2. The molecular formula is C19H17ClN2O3. The Hall–Kier alpha value is -2.66. The molecule has 1 heterocycles. The number of carbonyl (C=O) groups is 2. The molecule has 0 saturated carbocycles. The molecule has 0 aromatic heterocycles. The highest BCUT2D eigenvalue weighted by Crippen LogP contribution is 2.32. The number of halogens is 1. The molecule has 1 aliphatic heterocycles. The van der Waals surface area contributed by atoms with Gasteiger partial charge < -0.3 is 10.4 Å². The number of carbonyl (C=O) groups excluding carboxylic acids is 2. The number of ketones is 1. The minimum atomic E-state index is -0.634. The minimum absolute atomic E-state index is 0.0741. The van der Waals surface area contributed by atoms with Crippen LogP contribution in [0.1, 0.15) is 35.3 Å². The minimum Gasteiger partial charge on any atom is -0.508 e. The van der Waals surface area contributed by atoms with Gasteiger partial charge in [-0.15, -0.1) is 0 Å². The molecule has 5 nitrogen and oxygen atoms in total. The van der Waals surface area contributed by atoms with Crippen molar-refractivity contribution in [2.24, 2.45) is 10.9 Å². The lowest BCUT2D eigenvalue weighted by atomic mass is 9.81. The molecule has 0 saturated heterocycles. The quantitative estimate of drug-likeness (QED) is 0.807. The Bertz CT molecular complexity index is 846. The number of nitrogens with zero attached hydrogens (tertiary/aromatic N) is 1. The number of nitrogens with one attached hydrogen (secondary N) is 1. The second-order valence-electron chi connectivity index (χ2n) is 5.83. The number of hydrogen-bond acceptors (Lipinski definition) is 3. The van der Waals surface area contributed by atoms with Crippen LogP contribution in [0, 0.1) is 5.92 Å². The van der Waals surface area contributed by atoms with Crippen molar-refractivity contribution in [3.05, 3.63) is 64.7 Å². The SMILES string of the molecule is CCC1=NC(=O)NC(c2cccc(O)c2)C1C(=O)c1ccc(Cl)cc1. The van der Waals surface area contributed by atoms with Gasteiger partial charge in [-0.05, 0) is 48.4 Å².